The Morgan fingerprint density at radius 3 is 2.24 bits per heavy atom. The summed E-state index contributed by atoms with van der Waals surface area (Å²) in [5.74, 6) is 0.558. The Morgan fingerprint density at radius 2 is 1.60 bits per heavy atom. The van der Waals surface area contributed by atoms with E-state index in [1.54, 1.807) is 30.3 Å². The fourth-order valence-corrected chi connectivity index (χ4v) is 2.95. The maximum atomic E-state index is 12.3. The van der Waals surface area contributed by atoms with Crippen LogP contribution in [-0.2, 0) is 0 Å². The Labute approximate surface area is 159 Å². The first-order valence-electron chi connectivity index (χ1n) is 8.59. The van der Waals surface area contributed by atoms with Crippen LogP contribution in [0.5, 0.6) is 5.75 Å². The second-order valence-corrected chi connectivity index (χ2v) is 6.77. The molecule has 2 aromatic carbocycles. The van der Waals surface area contributed by atoms with Crippen molar-refractivity contribution in [2.45, 2.75) is 39.0 Å². The molecule has 0 bridgehead atoms. The van der Waals surface area contributed by atoms with Gasteiger partial charge in [0.15, 0.2) is 0 Å². The number of nitrogens with one attached hydrogen (secondary N) is 1. The van der Waals surface area contributed by atoms with E-state index in [2.05, 4.69) is 12.2 Å². The van der Waals surface area contributed by atoms with Gasteiger partial charge in [-0.3, -0.25) is 4.79 Å². The van der Waals surface area contributed by atoms with Crippen LogP contribution in [0.25, 0.3) is 0 Å². The Kier molecular flexibility index (Phi) is 8.10. The fourth-order valence-electron chi connectivity index (χ4n) is 2.43. The first-order valence-corrected chi connectivity index (χ1v) is 9.34. The maximum absolute atomic E-state index is 12.3. The molecule has 2 rings (SSSR count). The van der Waals surface area contributed by atoms with Gasteiger partial charge in [-0.2, -0.15) is 0 Å². The molecule has 0 atom stereocenters. The van der Waals surface area contributed by atoms with E-state index in [1.807, 2.05) is 12.1 Å². The highest BCUT2D eigenvalue weighted by molar-refractivity contribution is 6.35. The van der Waals surface area contributed by atoms with Crippen molar-refractivity contribution in [3.05, 3.63) is 58.1 Å². The number of halogens is 2. The monoisotopic (exact) mass is 379 g/mol. The number of anilines is 1. The maximum Gasteiger partial charge on any atom is 0.255 e. The van der Waals surface area contributed by atoms with E-state index >= 15 is 0 Å². The average Bonchev–Trinajstić information content (AvgIpc) is 2.57. The molecule has 134 valence electrons. The predicted molar refractivity (Wildman–Crippen MR) is 105 cm³/mol. The lowest BCUT2D eigenvalue weighted by Crippen LogP contribution is -2.11. The quantitative estimate of drug-likeness (QED) is 0.498. The van der Waals surface area contributed by atoms with E-state index in [-0.39, 0.29) is 5.91 Å². The van der Waals surface area contributed by atoms with Crippen molar-refractivity contribution in [3.8, 4) is 5.75 Å². The Balaban J connectivity index is 1.83. The molecule has 2 aromatic rings. The highest BCUT2D eigenvalue weighted by Crippen LogP contribution is 2.23. The summed E-state index contributed by atoms with van der Waals surface area (Å²) >= 11 is 11.9. The molecule has 0 unspecified atom stereocenters. The molecular formula is C20H23Cl2NO2. The highest BCUT2D eigenvalue weighted by atomic mass is 35.5. The summed E-state index contributed by atoms with van der Waals surface area (Å²) in [6.45, 7) is 2.91. The van der Waals surface area contributed by atoms with E-state index in [0.717, 1.165) is 12.2 Å². The van der Waals surface area contributed by atoms with E-state index in [4.69, 9.17) is 27.9 Å². The number of hydrogen-bond donors (Lipinski definition) is 1. The summed E-state index contributed by atoms with van der Waals surface area (Å²) in [6.07, 6.45) is 6.02. The standard InChI is InChI=1S/C20H23Cl2NO2/c1-2-3-4-5-6-11-25-19-9-7-15(8-10-19)20(24)23-18-13-16(21)12-17(22)14-18/h7-10,12-14H,2-6,11H2,1H3,(H,23,24). The predicted octanol–water partition coefficient (Wildman–Crippen LogP) is 6.59. The van der Waals surface area contributed by atoms with Crippen molar-refractivity contribution in [1.29, 1.82) is 0 Å². The molecule has 0 saturated carbocycles. The molecule has 0 aliphatic rings. The van der Waals surface area contributed by atoms with Gasteiger partial charge in [-0.1, -0.05) is 55.8 Å². The van der Waals surface area contributed by atoms with E-state index in [9.17, 15) is 4.79 Å². The van der Waals surface area contributed by atoms with Crippen molar-refractivity contribution in [2.75, 3.05) is 11.9 Å². The zero-order chi connectivity index (χ0) is 18.1. The molecule has 0 heterocycles. The molecule has 1 N–H and O–H groups in total. The van der Waals surface area contributed by atoms with Gasteiger partial charge in [0.1, 0.15) is 5.75 Å². The van der Waals surface area contributed by atoms with Crippen LogP contribution in [0.15, 0.2) is 42.5 Å². The van der Waals surface area contributed by atoms with Crippen molar-refractivity contribution < 1.29 is 9.53 Å². The zero-order valence-corrected chi connectivity index (χ0v) is 15.9. The van der Waals surface area contributed by atoms with Gasteiger partial charge < -0.3 is 10.1 Å². The van der Waals surface area contributed by atoms with E-state index in [1.165, 1.54) is 25.7 Å². The van der Waals surface area contributed by atoms with Crippen LogP contribution in [0, 0.1) is 0 Å². The van der Waals surface area contributed by atoms with Crippen molar-refractivity contribution in [2.24, 2.45) is 0 Å². The number of carbonyl (C=O) groups is 1. The summed E-state index contributed by atoms with van der Waals surface area (Å²) < 4.78 is 5.70. The van der Waals surface area contributed by atoms with Gasteiger partial charge in [0.25, 0.3) is 5.91 Å². The Morgan fingerprint density at radius 1 is 0.960 bits per heavy atom. The molecule has 0 saturated heterocycles. The third-order valence-electron chi connectivity index (χ3n) is 3.75. The molecule has 5 heteroatoms. The first kappa shape index (κ1) is 19.6. The minimum Gasteiger partial charge on any atom is -0.494 e. The molecule has 0 aliphatic heterocycles. The van der Waals surface area contributed by atoms with Crippen molar-refractivity contribution >= 4 is 34.8 Å². The average molecular weight is 380 g/mol. The Bertz CT molecular complexity index is 666. The zero-order valence-electron chi connectivity index (χ0n) is 14.4. The topological polar surface area (TPSA) is 38.3 Å². The SMILES string of the molecule is CCCCCCCOc1ccc(C(=O)Nc2cc(Cl)cc(Cl)c2)cc1. The lowest BCUT2D eigenvalue weighted by atomic mass is 10.1. The lowest BCUT2D eigenvalue weighted by Gasteiger charge is -2.08. The van der Waals surface area contributed by atoms with Crippen LogP contribution in [0.1, 0.15) is 49.4 Å². The number of unbranched alkanes of at least 4 members (excludes halogenated alkanes) is 4. The summed E-state index contributed by atoms with van der Waals surface area (Å²) in [6, 6.07) is 12.0. The third-order valence-corrected chi connectivity index (χ3v) is 4.19. The molecule has 0 fully saturated rings. The van der Waals surface area contributed by atoms with Crippen molar-refractivity contribution in [1.82, 2.24) is 0 Å². The minimum absolute atomic E-state index is 0.218. The number of benzene rings is 2. The number of amides is 1. The van der Waals surface area contributed by atoms with Gasteiger partial charge in [-0.15, -0.1) is 0 Å². The van der Waals surface area contributed by atoms with Crippen LogP contribution in [0.4, 0.5) is 5.69 Å². The smallest absolute Gasteiger partial charge is 0.255 e. The van der Waals surface area contributed by atoms with Crippen LogP contribution in [-0.4, -0.2) is 12.5 Å². The molecule has 0 spiro atoms. The number of carbonyl (C=O) groups excluding carboxylic acids is 1. The van der Waals surface area contributed by atoms with Crippen LogP contribution >= 0.6 is 23.2 Å². The molecular weight excluding hydrogens is 357 g/mol. The van der Waals surface area contributed by atoms with Crippen molar-refractivity contribution in [3.63, 3.8) is 0 Å². The molecule has 0 radical (unpaired) electrons. The largest absolute Gasteiger partial charge is 0.494 e. The molecule has 0 aromatic heterocycles. The van der Waals surface area contributed by atoms with Gasteiger partial charge in [-0.05, 0) is 48.9 Å². The van der Waals surface area contributed by atoms with Gasteiger partial charge in [0.05, 0.1) is 6.61 Å². The molecule has 0 aliphatic carbocycles. The number of ether oxygens (including phenoxy) is 1. The first-order chi connectivity index (χ1) is 12.1. The number of rotatable bonds is 9. The second kappa shape index (κ2) is 10.3. The third kappa shape index (κ3) is 6.97. The van der Waals surface area contributed by atoms with E-state index < -0.39 is 0 Å². The van der Waals surface area contributed by atoms with Gasteiger partial charge in [0, 0.05) is 21.3 Å². The fraction of sp³-hybridized carbons (Fsp3) is 0.350. The van der Waals surface area contributed by atoms with Crippen LogP contribution in [0.3, 0.4) is 0 Å². The number of hydrogen-bond acceptors (Lipinski definition) is 2. The second-order valence-electron chi connectivity index (χ2n) is 5.90. The summed E-state index contributed by atoms with van der Waals surface area (Å²) in [5, 5.41) is 3.74. The summed E-state index contributed by atoms with van der Waals surface area (Å²) in [4.78, 5) is 12.3. The highest BCUT2D eigenvalue weighted by Gasteiger charge is 2.07. The Hall–Kier alpha value is -1.71. The van der Waals surface area contributed by atoms with Crippen LogP contribution in [0.2, 0.25) is 10.0 Å². The minimum atomic E-state index is -0.218. The molecule has 3 nitrogen and oxygen atoms in total. The van der Waals surface area contributed by atoms with Gasteiger partial charge >= 0.3 is 0 Å². The van der Waals surface area contributed by atoms with Gasteiger partial charge in [-0.25, -0.2) is 0 Å². The lowest BCUT2D eigenvalue weighted by molar-refractivity contribution is 0.102. The summed E-state index contributed by atoms with van der Waals surface area (Å²) in [5.41, 5.74) is 1.11. The molecule has 25 heavy (non-hydrogen) atoms. The normalized spacial score (nSPS) is 10.5. The van der Waals surface area contributed by atoms with Crippen LogP contribution < -0.4 is 10.1 Å². The van der Waals surface area contributed by atoms with Gasteiger partial charge in [0.2, 0.25) is 0 Å². The van der Waals surface area contributed by atoms with E-state index in [0.29, 0.717) is 27.9 Å². The molecule has 1 amide bonds. The summed E-state index contributed by atoms with van der Waals surface area (Å²) in [7, 11) is 0.